The van der Waals surface area contributed by atoms with Crippen LogP contribution in [0.15, 0.2) is 72.8 Å². The van der Waals surface area contributed by atoms with E-state index in [-0.39, 0.29) is 28.2 Å². The molecule has 0 radical (unpaired) electrons. The summed E-state index contributed by atoms with van der Waals surface area (Å²) in [6, 6.07) is 21.5. The van der Waals surface area contributed by atoms with Crippen LogP contribution in [0, 0.1) is 10.1 Å². The Bertz CT molecular complexity index is 1550. The number of esters is 2. The molecule has 0 unspecified atom stereocenters. The zero-order chi connectivity index (χ0) is 26.8. The highest BCUT2D eigenvalue weighted by Crippen LogP contribution is 2.37. The maximum Gasteiger partial charge on any atom is 0.357 e. The largest absolute Gasteiger partial charge is 0.465 e. The molecule has 0 atom stereocenters. The van der Waals surface area contributed by atoms with E-state index in [2.05, 4.69) is 11.2 Å². The van der Waals surface area contributed by atoms with Gasteiger partial charge in [-0.1, -0.05) is 48.5 Å². The van der Waals surface area contributed by atoms with E-state index in [0.29, 0.717) is 24.5 Å². The van der Waals surface area contributed by atoms with Crippen molar-refractivity contribution >= 4 is 23.3 Å². The monoisotopic (exact) mass is 512 g/mol. The van der Waals surface area contributed by atoms with Crippen LogP contribution in [-0.2, 0) is 22.4 Å². The third-order valence-electron chi connectivity index (χ3n) is 6.57. The Hall–Kier alpha value is -4.99. The molecule has 0 spiro atoms. The highest BCUT2D eigenvalue weighted by Gasteiger charge is 2.33. The van der Waals surface area contributed by atoms with E-state index in [4.69, 9.17) is 9.47 Å². The SMILES string of the molecule is COC(=O)c1c(-c2ccc(N3CCc4ccccc4C3)c([N+](=O)[O-])c2)nn(-c2ccccc2)c1C(=O)OC. The Morgan fingerprint density at radius 2 is 1.61 bits per heavy atom. The first-order chi connectivity index (χ1) is 18.4. The van der Waals surface area contributed by atoms with Gasteiger partial charge in [0, 0.05) is 24.7 Å². The molecule has 192 valence electrons. The number of ether oxygens (including phenoxy) is 2. The first-order valence-corrected chi connectivity index (χ1v) is 11.9. The number of hydrogen-bond acceptors (Lipinski definition) is 8. The van der Waals surface area contributed by atoms with Crippen LogP contribution in [0.2, 0.25) is 0 Å². The van der Waals surface area contributed by atoms with Crippen LogP contribution in [0.5, 0.6) is 0 Å². The Balaban J connectivity index is 1.66. The smallest absolute Gasteiger partial charge is 0.357 e. The second-order valence-corrected chi connectivity index (χ2v) is 8.70. The molecule has 0 fully saturated rings. The van der Waals surface area contributed by atoms with Gasteiger partial charge in [-0.3, -0.25) is 10.1 Å². The number of methoxy groups -OCH3 is 2. The van der Waals surface area contributed by atoms with Gasteiger partial charge in [-0.25, -0.2) is 14.3 Å². The minimum Gasteiger partial charge on any atom is -0.465 e. The van der Waals surface area contributed by atoms with Gasteiger partial charge in [0.2, 0.25) is 0 Å². The number of benzene rings is 3. The van der Waals surface area contributed by atoms with Gasteiger partial charge in [0.15, 0.2) is 5.69 Å². The lowest BCUT2D eigenvalue weighted by Crippen LogP contribution is -2.30. The molecule has 3 aromatic carbocycles. The van der Waals surface area contributed by atoms with Crippen LogP contribution in [-0.4, -0.2) is 47.4 Å². The number of carbonyl (C=O) groups excluding carboxylic acids is 2. The molecule has 0 bridgehead atoms. The highest BCUT2D eigenvalue weighted by atomic mass is 16.6. The van der Waals surface area contributed by atoms with Crippen LogP contribution < -0.4 is 4.90 Å². The zero-order valence-electron chi connectivity index (χ0n) is 20.8. The van der Waals surface area contributed by atoms with Gasteiger partial charge in [0.25, 0.3) is 5.69 Å². The molecule has 0 saturated carbocycles. The molecule has 38 heavy (non-hydrogen) atoms. The molecule has 0 aliphatic carbocycles. The fraction of sp³-hybridized carbons (Fsp3) is 0.179. The average Bonchev–Trinajstić information content (AvgIpc) is 3.37. The summed E-state index contributed by atoms with van der Waals surface area (Å²) in [5.41, 5.74) is 3.26. The van der Waals surface area contributed by atoms with Crippen molar-refractivity contribution in [3.63, 3.8) is 0 Å². The van der Waals surface area contributed by atoms with Crippen LogP contribution in [0.25, 0.3) is 16.9 Å². The predicted molar refractivity (Wildman–Crippen MR) is 140 cm³/mol. The number of nitrogens with zero attached hydrogens (tertiary/aromatic N) is 4. The van der Waals surface area contributed by atoms with Gasteiger partial charge in [-0.05, 0) is 35.7 Å². The number of anilines is 1. The quantitative estimate of drug-likeness (QED) is 0.209. The topological polar surface area (TPSA) is 117 Å². The minimum absolute atomic E-state index is 0.0692. The van der Waals surface area contributed by atoms with Crippen molar-refractivity contribution in [1.82, 2.24) is 9.78 Å². The molecule has 0 saturated heterocycles. The van der Waals surface area contributed by atoms with Gasteiger partial charge in [-0.2, -0.15) is 5.10 Å². The van der Waals surface area contributed by atoms with Crippen molar-refractivity contribution in [2.75, 3.05) is 25.7 Å². The molecule has 0 amide bonds. The van der Waals surface area contributed by atoms with Crippen molar-refractivity contribution in [2.45, 2.75) is 13.0 Å². The van der Waals surface area contributed by atoms with Crippen LogP contribution >= 0.6 is 0 Å². The number of nitro benzene ring substituents is 1. The van der Waals surface area contributed by atoms with E-state index < -0.39 is 16.9 Å². The average molecular weight is 513 g/mol. The first kappa shape index (κ1) is 24.7. The molecule has 1 aliphatic rings. The number of rotatable bonds is 6. The summed E-state index contributed by atoms with van der Waals surface area (Å²) >= 11 is 0. The molecule has 0 N–H and O–H groups in total. The van der Waals surface area contributed by atoms with Crippen molar-refractivity contribution < 1.29 is 24.0 Å². The van der Waals surface area contributed by atoms with E-state index in [1.165, 1.54) is 30.5 Å². The molecule has 1 aliphatic heterocycles. The lowest BCUT2D eigenvalue weighted by molar-refractivity contribution is -0.384. The molecule has 5 rings (SSSR count). The summed E-state index contributed by atoms with van der Waals surface area (Å²) in [6.07, 6.45) is 0.769. The maximum atomic E-state index is 12.9. The van der Waals surface area contributed by atoms with Crippen molar-refractivity contribution in [3.8, 4) is 16.9 Å². The van der Waals surface area contributed by atoms with Gasteiger partial charge < -0.3 is 14.4 Å². The summed E-state index contributed by atoms with van der Waals surface area (Å²) in [6.45, 7) is 1.17. The van der Waals surface area contributed by atoms with E-state index in [1.54, 1.807) is 42.5 Å². The Morgan fingerprint density at radius 3 is 2.29 bits per heavy atom. The molecule has 1 aromatic heterocycles. The van der Waals surface area contributed by atoms with Crippen LogP contribution in [0.4, 0.5) is 11.4 Å². The maximum absolute atomic E-state index is 12.9. The van der Waals surface area contributed by atoms with Gasteiger partial charge in [0.1, 0.15) is 16.9 Å². The molecular weight excluding hydrogens is 488 g/mol. The molecule has 10 nitrogen and oxygen atoms in total. The predicted octanol–water partition coefficient (Wildman–Crippen LogP) is 4.58. The zero-order valence-corrected chi connectivity index (χ0v) is 20.8. The van der Waals surface area contributed by atoms with Crippen molar-refractivity contribution in [3.05, 3.63) is 105 Å². The minimum atomic E-state index is -0.818. The number of fused-ring (bicyclic) bond motifs is 1. The van der Waals surface area contributed by atoms with Gasteiger partial charge in [-0.15, -0.1) is 0 Å². The van der Waals surface area contributed by atoms with E-state index in [9.17, 15) is 19.7 Å². The lowest BCUT2D eigenvalue weighted by atomic mass is 9.98. The first-order valence-electron chi connectivity index (χ1n) is 11.9. The fourth-order valence-corrected chi connectivity index (χ4v) is 4.74. The standard InChI is InChI=1S/C28H24N4O6/c1-37-27(33)24-25(29-31(26(24)28(34)38-2)21-10-4-3-5-11-21)19-12-13-22(23(16-19)32(35)36)30-15-14-18-8-6-7-9-20(18)17-30/h3-13,16H,14-15,17H2,1-2H3. The Morgan fingerprint density at radius 1 is 0.921 bits per heavy atom. The lowest BCUT2D eigenvalue weighted by Gasteiger charge is -2.30. The third kappa shape index (κ3) is 4.36. The third-order valence-corrected chi connectivity index (χ3v) is 6.57. The fourth-order valence-electron chi connectivity index (χ4n) is 4.74. The van der Waals surface area contributed by atoms with E-state index >= 15 is 0 Å². The summed E-state index contributed by atoms with van der Waals surface area (Å²) < 4.78 is 11.2. The molecular formula is C28H24N4O6. The number of para-hydroxylation sites is 1. The number of hydrogen-bond donors (Lipinski definition) is 0. The van der Waals surface area contributed by atoms with E-state index in [1.807, 2.05) is 23.1 Å². The van der Waals surface area contributed by atoms with Crippen molar-refractivity contribution in [2.24, 2.45) is 0 Å². The summed E-state index contributed by atoms with van der Waals surface area (Å²) in [5.74, 6) is -1.62. The number of aromatic nitrogens is 2. The second-order valence-electron chi connectivity index (χ2n) is 8.70. The second kappa shape index (κ2) is 10.2. The molecule has 4 aromatic rings. The Labute approximate surface area is 218 Å². The highest BCUT2D eigenvalue weighted by molar-refractivity contribution is 6.07. The van der Waals surface area contributed by atoms with Gasteiger partial charge >= 0.3 is 11.9 Å². The Kier molecular flexibility index (Phi) is 6.61. The van der Waals surface area contributed by atoms with E-state index in [0.717, 1.165) is 12.0 Å². The summed E-state index contributed by atoms with van der Waals surface area (Å²) in [7, 11) is 2.38. The van der Waals surface area contributed by atoms with Crippen LogP contribution in [0.3, 0.4) is 0 Å². The summed E-state index contributed by atoms with van der Waals surface area (Å²) in [4.78, 5) is 39.5. The van der Waals surface area contributed by atoms with Gasteiger partial charge in [0.05, 0.1) is 24.8 Å². The normalized spacial score (nSPS) is 12.5. The molecule has 2 heterocycles. The molecule has 10 heteroatoms. The van der Waals surface area contributed by atoms with Crippen LogP contribution in [0.1, 0.15) is 32.0 Å². The summed E-state index contributed by atoms with van der Waals surface area (Å²) in [5, 5.41) is 16.7. The number of nitro groups is 1. The van der Waals surface area contributed by atoms with Crippen molar-refractivity contribution in [1.29, 1.82) is 0 Å². The number of carbonyl (C=O) groups is 2.